The highest BCUT2D eigenvalue weighted by Gasteiger charge is 2.06. The van der Waals surface area contributed by atoms with Crippen LogP contribution in [-0.4, -0.2) is 33.2 Å². The third-order valence-electron chi connectivity index (χ3n) is 2.17. The van der Waals surface area contributed by atoms with E-state index in [9.17, 15) is 0 Å². The summed E-state index contributed by atoms with van der Waals surface area (Å²) in [5.41, 5.74) is 0. The highest BCUT2D eigenvalue weighted by atomic mass is 32.1. The SMILES string of the molecule is CCCNC(=S)N(C)Cc1nccn1C. The van der Waals surface area contributed by atoms with E-state index in [-0.39, 0.29) is 0 Å². The molecule has 1 rings (SSSR count). The molecule has 1 heterocycles. The van der Waals surface area contributed by atoms with Gasteiger partial charge in [0.25, 0.3) is 0 Å². The molecule has 0 radical (unpaired) electrons. The molecule has 1 aromatic rings. The van der Waals surface area contributed by atoms with Gasteiger partial charge in [-0.25, -0.2) is 4.98 Å². The van der Waals surface area contributed by atoms with E-state index in [0.717, 1.165) is 30.4 Å². The fourth-order valence-corrected chi connectivity index (χ4v) is 1.37. The minimum absolute atomic E-state index is 0.735. The van der Waals surface area contributed by atoms with Gasteiger partial charge in [0.15, 0.2) is 5.11 Å². The quantitative estimate of drug-likeness (QED) is 0.780. The van der Waals surface area contributed by atoms with Crippen LogP contribution in [0.5, 0.6) is 0 Å². The third kappa shape index (κ3) is 3.51. The number of hydrogen-bond donors (Lipinski definition) is 1. The van der Waals surface area contributed by atoms with Gasteiger partial charge in [-0.15, -0.1) is 0 Å². The predicted molar refractivity (Wildman–Crippen MR) is 65.6 cm³/mol. The molecular weight excluding hydrogens is 208 g/mol. The van der Waals surface area contributed by atoms with Crippen molar-refractivity contribution in [2.24, 2.45) is 7.05 Å². The molecule has 0 saturated carbocycles. The van der Waals surface area contributed by atoms with Gasteiger partial charge in [0.2, 0.25) is 0 Å². The summed E-state index contributed by atoms with van der Waals surface area (Å²) in [4.78, 5) is 6.25. The van der Waals surface area contributed by atoms with Crippen molar-refractivity contribution in [1.82, 2.24) is 19.8 Å². The number of thiocarbonyl (C=S) groups is 1. The number of rotatable bonds is 4. The predicted octanol–water partition coefficient (Wildman–Crippen LogP) is 1.14. The molecule has 0 aliphatic rings. The van der Waals surface area contributed by atoms with Gasteiger partial charge >= 0.3 is 0 Å². The monoisotopic (exact) mass is 226 g/mol. The van der Waals surface area contributed by atoms with E-state index in [1.807, 2.05) is 29.8 Å². The molecule has 0 atom stereocenters. The van der Waals surface area contributed by atoms with E-state index in [0.29, 0.717) is 0 Å². The summed E-state index contributed by atoms with van der Waals surface area (Å²) in [5.74, 6) is 1.01. The van der Waals surface area contributed by atoms with Crippen LogP contribution in [0.4, 0.5) is 0 Å². The third-order valence-corrected chi connectivity index (χ3v) is 2.63. The fraction of sp³-hybridized carbons (Fsp3) is 0.600. The summed E-state index contributed by atoms with van der Waals surface area (Å²) in [6, 6.07) is 0. The fourth-order valence-electron chi connectivity index (χ4n) is 1.20. The number of aryl methyl sites for hydroxylation is 1. The molecule has 0 aromatic carbocycles. The van der Waals surface area contributed by atoms with Gasteiger partial charge in [0, 0.05) is 33.0 Å². The zero-order valence-electron chi connectivity index (χ0n) is 9.53. The minimum atomic E-state index is 0.735. The Bertz CT molecular complexity index is 321. The molecule has 0 aliphatic heterocycles. The summed E-state index contributed by atoms with van der Waals surface area (Å²) < 4.78 is 2.00. The van der Waals surface area contributed by atoms with Crippen LogP contribution in [0.2, 0.25) is 0 Å². The number of hydrogen-bond acceptors (Lipinski definition) is 2. The van der Waals surface area contributed by atoms with Crippen LogP contribution in [0.15, 0.2) is 12.4 Å². The molecule has 0 unspecified atom stereocenters. The minimum Gasteiger partial charge on any atom is -0.363 e. The second-order valence-electron chi connectivity index (χ2n) is 3.54. The molecular formula is C10H18N4S. The van der Waals surface area contributed by atoms with E-state index in [4.69, 9.17) is 12.2 Å². The molecule has 0 aliphatic carbocycles. The maximum atomic E-state index is 5.24. The smallest absolute Gasteiger partial charge is 0.169 e. The average Bonchev–Trinajstić information content (AvgIpc) is 2.61. The Morgan fingerprint density at radius 3 is 2.93 bits per heavy atom. The summed E-state index contributed by atoms with van der Waals surface area (Å²) >= 11 is 5.24. The molecule has 0 bridgehead atoms. The second-order valence-corrected chi connectivity index (χ2v) is 3.93. The van der Waals surface area contributed by atoms with Crippen molar-refractivity contribution in [1.29, 1.82) is 0 Å². The van der Waals surface area contributed by atoms with Gasteiger partial charge in [0.1, 0.15) is 5.82 Å². The van der Waals surface area contributed by atoms with Gasteiger partial charge in [-0.2, -0.15) is 0 Å². The van der Waals surface area contributed by atoms with E-state index >= 15 is 0 Å². The van der Waals surface area contributed by atoms with Gasteiger partial charge < -0.3 is 14.8 Å². The van der Waals surface area contributed by atoms with Crippen molar-refractivity contribution in [2.75, 3.05) is 13.6 Å². The van der Waals surface area contributed by atoms with E-state index in [1.54, 1.807) is 6.20 Å². The van der Waals surface area contributed by atoms with Crippen molar-refractivity contribution in [3.63, 3.8) is 0 Å². The maximum absolute atomic E-state index is 5.24. The molecule has 0 saturated heterocycles. The van der Waals surface area contributed by atoms with Gasteiger partial charge in [-0.1, -0.05) is 6.92 Å². The van der Waals surface area contributed by atoms with Crippen LogP contribution < -0.4 is 5.32 Å². The molecule has 0 amide bonds. The van der Waals surface area contributed by atoms with Crippen molar-refractivity contribution < 1.29 is 0 Å². The van der Waals surface area contributed by atoms with Crippen molar-refractivity contribution >= 4 is 17.3 Å². The molecule has 0 spiro atoms. The zero-order chi connectivity index (χ0) is 11.3. The van der Waals surface area contributed by atoms with Crippen LogP contribution in [0.1, 0.15) is 19.2 Å². The topological polar surface area (TPSA) is 33.1 Å². The van der Waals surface area contributed by atoms with Crippen LogP contribution in [0.3, 0.4) is 0 Å². The molecule has 15 heavy (non-hydrogen) atoms. The Balaban J connectivity index is 2.45. The Morgan fingerprint density at radius 2 is 2.40 bits per heavy atom. The molecule has 5 heteroatoms. The lowest BCUT2D eigenvalue weighted by Crippen LogP contribution is -2.37. The van der Waals surface area contributed by atoms with Crippen molar-refractivity contribution in [3.05, 3.63) is 18.2 Å². The summed E-state index contributed by atoms with van der Waals surface area (Å²) in [7, 11) is 3.96. The molecule has 4 nitrogen and oxygen atoms in total. The number of aromatic nitrogens is 2. The number of imidazole rings is 1. The van der Waals surface area contributed by atoms with E-state index < -0.39 is 0 Å². The highest BCUT2D eigenvalue weighted by Crippen LogP contribution is 1.99. The van der Waals surface area contributed by atoms with E-state index in [1.165, 1.54) is 0 Å². The molecule has 84 valence electrons. The summed E-state index contributed by atoms with van der Waals surface area (Å²) in [6.07, 6.45) is 4.81. The lowest BCUT2D eigenvalue weighted by atomic mass is 10.5. The Morgan fingerprint density at radius 1 is 1.67 bits per heavy atom. The number of nitrogens with zero attached hydrogens (tertiary/aromatic N) is 3. The van der Waals surface area contributed by atoms with Crippen LogP contribution in [0, 0.1) is 0 Å². The van der Waals surface area contributed by atoms with Crippen LogP contribution >= 0.6 is 12.2 Å². The summed E-state index contributed by atoms with van der Waals surface area (Å²) in [5, 5.41) is 3.96. The molecule has 1 N–H and O–H groups in total. The zero-order valence-corrected chi connectivity index (χ0v) is 10.3. The summed E-state index contributed by atoms with van der Waals surface area (Å²) in [6.45, 7) is 3.77. The largest absolute Gasteiger partial charge is 0.363 e. The van der Waals surface area contributed by atoms with Gasteiger partial charge in [0.05, 0.1) is 6.54 Å². The van der Waals surface area contributed by atoms with Crippen LogP contribution in [-0.2, 0) is 13.6 Å². The maximum Gasteiger partial charge on any atom is 0.169 e. The molecule has 0 fully saturated rings. The Labute approximate surface area is 96.3 Å². The first-order valence-corrected chi connectivity index (χ1v) is 5.51. The van der Waals surface area contributed by atoms with Crippen molar-refractivity contribution in [3.8, 4) is 0 Å². The Kier molecular flexibility index (Phi) is 4.55. The van der Waals surface area contributed by atoms with Crippen LogP contribution in [0.25, 0.3) is 0 Å². The first-order valence-electron chi connectivity index (χ1n) is 5.10. The first-order chi connectivity index (χ1) is 7.15. The first kappa shape index (κ1) is 12.0. The highest BCUT2D eigenvalue weighted by molar-refractivity contribution is 7.80. The lowest BCUT2D eigenvalue weighted by molar-refractivity contribution is 0.464. The van der Waals surface area contributed by atoms with Gasteiger partial charge in [-0.3, -0.25) is 0 Å². The van der Waals surface area contributed by atoms with E-state index in [2.05, 4.69) is 17.2 Å². The number of nitrogens with one attached hydrogen (secondary N) is 1. The standard InChI is InChI=1S/C10H18N4S/c1-4-5-12-10(15)14(3)8-9-11-6-7-13(9)2/h6-7H,4-5,8H2,1-3H3,(H,12,15). The average molecular weight is 226 g/mol. The lowest BCUT2D eigenvalue weighted by Gasteiger charge is -2.20. The Hall–Kier alpha value is -1.10. The van der Waals surface area contributed by atoms with Crippen molar-refractivity contribution in [2.45, 2.75) is 19.9 Å². The van der Waals surface area contributed by atoms with Gasteiger partial charge in [-0.05, 0) is 18.6 Å². The second kappa shape index (κ2) is 5.70. The molecule has 1 aromatic heterocycles. The normalized spacial score (nSPS) is 10.1.